The zero-order valence-electron chi connectivity index (χ0n) is 13.5. The molecule has 0 spiro atoms. The number of nitrogen functional groups attached to an aromatic ring is 1. The normalized spacial score (nSPS) is 12.1. The van der Waals surface area contributed by atoms with Crippen LogP contribution < -0.4 is 5.73 Å². The summed E-state index contributed by atoms with van der Waals surface area (Å²) in [4.78, 5) is 13.2. The van der Waals surface area contributed by atoms with Crippen LogP contribution in [-0.2, 0) is 16.9 Å². The number of hydrogen-bond donors (Lipinski definition) is 1. The van der Waals surface area contributed by atoms with Gasteiger partial charge in [-0.1, -0.05) is 6.07 Å². The van der Waals surface area contributed by atoms with Gasteiger partial charge in [-0.2, -0.15) is 5.10 Å². The van der Waals surface area contributed by atoms with Crippen molar-refractivity contribution in [2.45, 2.75) is 4.90 Å². The fourth-order valence-electron chi connectivity index (χ4n) is 2.75. The van der Waals surface area contributed by atoms with E-state index in [-0.39, 0.29) is 10.8 Å². The van der Waals surface area contributed by atoms with Gasteiger partial charge in [-0.3, -0.25) is 4.68 Å². The van der Waals surface area contributed by atoms with E-state index in [0.29, 0.717) is 16.7 Å². The van der Waals surface area contributed by atoms with E-state index >= 15 is 0 Å². The van der Waals surface area contributed by atoms with Crippen LogP contribution in [0.2, 0.25) is 0 Å². The molecule has 25 heavy (non-hydrogen) atoms. The van der Waals surface area contributed by atoms with Crippen molar-refractivity contribution in [2.75, 3.05) is 12.0 Å². The third-order valence-corrected chi connectivity index (χ3v) is 5.04. The number of pyridine rings is 1. The Bertz CT molecular complexity index is 1250. The summed E-state index contributed by atoms with van der Waals surface area (Å²) in [5.41, 5.74) is 8.23. The molecule has 0 radical (unpaired) electrons. The predicted octanol–water partition coefficient (Wildman–Crippen LogP) is 1.56. The number of hydrogen-bond acceptors (Lipinski definition) is 7. The third kappa shape index (κ3) is 2.58. The molecular weight excluding hydrogens is 340 g/mol. The smallest absolute Gasteiger partial charge is 0.220 e. The van der Waals surface area contributed by atoms with Crippen LogP contribution in [0, 0.1) is 0 Å². The average molecular weight is 354 g/mol. The second-order valence-electron chi connectivity index (χ2n) is 5.80. The molecule has 8 nitrogen and oxygen atoms in total. The molecule has 0 amide bonds. The fraction of sp³-hybridized carbons (Fsp3) is 0.125. The molecule has 1 aromatic carbocycles. The van der Waals surface area contributed by atoms with Crippen molar-refractivity contribution >= 4 is 37.6 Å². The predicted molar refractivity (Wildman–Crippen MR) is 94.6 cm³/mol. The molecular formula is C16H14N6O2S. The summed E-state index contributed by atoms with van der Waals surface area (Å²) in [7, 11) is -1.53. The number of rotatable bonds is 2. The highest BCUT2D eigenvalue weighted by atomic mass is 32.2. The van der Waals surface area contributed by atoms with E-state index in [9.17, 15) is 8.42 Å². The van der Waals surface area contributed by atoms with Gasteiger partial charge in [0.05, 0.1) is 16.6 Å². The number of nitrogens with zero attached hydrogens (tertiary/aromatic N) is 5. The van der Waals surface area contributed by atoms with E-state index in [0.717, 1.165) is 16.3 Å². The molecule has 4 aromatic rings. The van der Waals surface area contributed by atoms with Crippen molar-refractivity contribution in [1.82, 2.24) is 24.7 Å². The second-order valence-corrected chi connectivity index (χ2v) is 7.82. The SMILES string of the molecule is Cn1cc(-c2nc3cc(S(C)(=O)=O)ccc3c3cnc(N)nc23)cn1. The summed E-state index contributed by atoms with van der Waals surface area (Å²) in [6.45, 7) is 0. The molecule has 4 rings (SSSR count). The van der Waals surface area contributed by atoms with Gasteiger partial charge < -0.3 is 5.73 Å². The highest BCUT2D eigenvalue weighted by molar-refractivity contribution is 7.90. The molecule has 2 N–H and O–H groups in total. The first-order valence-corrected chi connectivity index (χ1v) is 9.27. The largest absolute Gasteiger partial charge is 0.368 e. The Morgan fingerprint density at radius 2 is 1.92 bits per heavy atom. The third-order valence-electron chi connectivity index (χ3n) is 3.93. The fourth-order valence-corrected chi connectivity index (χ4v) is 3.39. The van der Waals surface area contributed by atoms with Crippen LogP contribution in [0.1, 0.15) is 0 Å². The van der Waals surface area contributed by atoms with Crippen molar-refractivity contribution in [3.8, 4) is 11.3 Å². The number of benzene rings is 1. The van der Waals surface area contributed by atoms with Crippen LogP contribution >= 0.6 is 0 Å². The maximum Gasteiger partial charge on any atom is 0.220 e. The van der Waals surface area contributed by atoms with Crippen molar-refractivity contribution in [1.29, 1.82) is 0 Å². The van der Waals surface area contributed by atoms with Gasteiger partial charge in [-0.15, -0.1) is 0 Å². The molecule has 0 bridgehead atoms. The van der Waals surface area contributed by atoms with Crippen LogP contribution in [-0.4, -0.2) is 39.4 Å². The maximum atomic E-state index is 11.9. The molecule has 0 aliphatic carbocycles. The number of sulfone groups is 1. The minimum absolute atomic E-state index is 0.145. The zero-order valence-corrected chi connectivity index (χ0v) is 14.3. The van der Waals surface area contributed by atoms with Gasteiger partial charge in [0.15, 0.2) is 9.84 Å². The van der Waals surface area contributed by atoms with Crippen molar-refractivity contribution in [3.63, 3.8) is 0 Å². The Kier molecular flexibility index (Phi) is 3.22. The van der Waals surface area contributed by atoms with Crippen LogP contribution in [0.15, 0.2) is 41.7 Å². The molecule has 0 saturated carbocycles. The Labute approximate surface area is 143 Å². The first-order valence-electron chi connectivity index (χ1n) is 7.38. The molecule has 0 unspecified atom stereocenters. The van der Waals surface area contributed by atoms with Crippen molar-refractivity contribution < 1.29 is 8.42 Å². The van der Waals surface area contributed by atoms with E-state index in [4.69, 9.17) is 5.73 Å². The highest BCUT2D eigenvalue weighted by Crippen LogP contribution is 2.32. The molecule has 0 saturated heterocycles. The lowest BCUT2D eigenvalue weighted by molar-refractivity contribution is 0.602. The van der Waals surface area contributed by atoms with Gasteiger partial charge >= 0.3 is 0 Å². The molecule has 9 heteroatoms. The first kappa shape index (κ1) is 15.5. The minimum atomic E-state index is -3.34. The number of aryl methyl sites for hydroxylation is 1. The summed E-state index contributed by atoms with van der Waals surface area (Å²) in [5.74, 6) is 0.145. The molecule has 0 aliphatic heterocycles. The summed E-state index contributed by atoms with van der Waals surface area (Å²) in [6, 6.07) is 4.83. The van der Waals surface area contributed by atoms with Crippen molar-refractivity contribution in [3.05, 3.63) is 36.8 Å². The van der Waals surface area contributed by atoms with Gasteiger partial charge in [0.25, 0.3) is 0 Å². The average Bonchev–Trinajstić information content (AvgIpc) is 2.98. The lowest BCUT2D eigenvalue weighted by Crippen LogP contribution is -2.00. The number of nitrogens with two attached hydrogens (primary N) is 1. The Balaban J connectivity index is 2.15. The molecule has 3 heterocycles. The quantitative estimate of drug-likeness (QED) is 0.543. The number of aromatic nitrogens is 5. The molecule has 0 atom stereocenters. The second kappa shape index (κ2) is 5.21. The van der Waals surface area contributed by atoms with E-state index in [2.05, 4.69) is 20.1 Å². The summed E-state index contributed by atoms with van der Waals surface area (Å²) < 4.78 is 25.4. The van der Waals surface area contributed by atoms with Gasteiger partial charge in [-0.05, 0) is 12.1 Å². The standard InChI is InChI=1S/C16H14N6O2S/c1-22-8-9(6-19-22)14-15-12(7-18-16(17)21-15)11-4-3-10(25(2,23)24)5-13(11)20-14/h3-8H,1-2H3,(H2,17,18,21). The summed E-state index contributed by atoms with van der Waals surface area (Å²) in [5, 5.41) is 5.67. The van der Waals surface area contributed by atoms with Crippen molar-refractivity contribution in [2.24, 2.45) is 7.05 Å². The summed E-state index contributed by atoms with van der Waals surface area (Å²) >= 11 is 0. The molecule has 126 valence electrons. The van der Waals surface area contributed by atoms with Gasteiger partial charge in [-0.25, -0.2) is 23.4 Å². The van der Waals surface area contributed by atoms with Crippen LogP contribution in [0.3, 0.4) is 0 Å². The van der Waals surface area contributed by atoms with E-state index in [1.165, 1.54) is 6.26 Å². The lowest BCUT2D eigenvalue weighted by atomic mass is 10.1. The highest BCUT2D eigenvalue weighted by Gasteiger charge is 2.16. The summed E-state index contributed by atoms with van der Waals surface area (Å²) in [6.07, 6.45) is 6.28. The maximum absolute atomic E-state index is 11.9. The van der Waals surface area contributed by atoms with E-state index in [1.807, 2.05) is 6.20 Å². The zero-order chi connectivity index (χ0) is 17.8. The first-order chi connectivity index (χ1) is 11.8. The monoisotopic (exact) mass is 354 g/mol. The van der Waals surface area contributed by atoms with Crippen LogP contribution in [0.5, 0.6) is 0 Å². The van der Waals surface area contributed by atoms with Gasteiger partial charge in [0.2, 0.25) is 5.95 Å². The van der Waals surface area contributed by atoms with E-state index < -0.39 is 9.84 Å². The number of anilines is 1. The molecule has 0 aliphatic rings. The Hall–Kier alpha value is -3.07. The van der Waals surface area contributed by atoms with Crippen LogP contribution in [0.25, 0.3) is 33.1 Å². The molecule has 3 aromatic heterocycles. The molecule has 0 fully saturated rings. The Morgan fingerprint density at radius 1 is 1.12 bits per heavy atom. The minimum Gasteiger partial charge on any atom is -0.368 e. The van der Waals surface area contributed by atoms with Gasteiger partial charge in [0, 0.05) is 42.0 Å². The lowest BCUT2D eigenvalue weighted by Gasteiger charge is -2.09. The van der Waals surface area contributed by atoms with Gasteiger partial charge in [0.1, 0.15) is 11.2 Å². The Morgan fingerprint density at radius 3 is 2.60 bits per heavy atom. The van der Waals surface area contributed by atoms with E-state index in [1.54, 1.807) is 42.3 Å². The van der Waals surface area contributed by atoms with Crippen LogP contribution in [0.4, 0.5) is 5.95 Å². The topological polar surface area (TPSA) is 117 Å². The number of fused-ring (bicyclic) bond motifs is 3.